The smallest absolute Gasteiger partial charge is 0.289 e. The van der Waals surface area contributed by atoms with Crippen LogP contribution in [0.2, 0.25) is 5.02 Å². The number of aromatic nitrogens is 4. The minimum atomic E-state index is -0.400. The molecule has 0 aliphatic carbocycles. The van der Waals surface area contributed by atoms with Crippen LogP contribution in [0.4, 0.5) is 5.82 Å². The Morgan fingerprint density at radius 2 is 1.70 bits per heavy atom. The van der Waals surface area contributed by atoms with Crippen molar-refractivity contribution in [1.82, 2.24) is 25.6 Å². The van der Waals surface area contributed by atoms with Crippen molar-refractivity contribution in [3.05, 3.63) is 87.3 Å². The van der Waals surface area contributed by atoms with Crippen molar-refractivity contribution in [2.24, 2.45) is 0 Å². The molecule has 3 heterocycles. The molecule has 0 radical (unpaired) electrons. The summed E-state index contributed by atoms with van der Waals surface area (Å²) in [5, 5.41) is 15.7. The van der Waals surface area contributed by atoms with Crippen LogP contribution in [0, 0.1) is 27.7 Å². The number of nitrogens with zero attached hydrogens (tertiary/aromatic N) is 4. The van der Waals surface area contributed by atoms with Gasteiger partial charge in [-0.25, -0.2) is 9.97 Å². The topological polar surface area (TPSA) is 119 Å². The highest BCUT2D eigenvalue weighted by Crippen LogP contribution is 2.31. The molecule has 0 unspecified atom stereocenters. The molecule has 5 aromatic rings. The highest BCUT2D eigenvalue weighted by Gasteiger charge is 2.18. The Kier molecular flexibility index (Phi) is 6.62. The van der Waals surface area contributed by atoms with Crippen LogP contribution in [0.15, 0.2) is 51.5 Å². The Bertz CT molecular complexity index is 1590. The molecule has 0 bridgehead atoms. The number of amides is 1. The summed E-state index contributed by atoms with van der Waals surface area (Å²) in [6.45, 7) is 8.14. The van der Waals surface area contributed by atoms with E-state index in [0.717, 1.165) is 44.8 Å². The van der Waals surface area contributed by atoms with Crippen molar-refractivity contribution in [3.8, 4) is 11.1 Å². The summed E-state index contributed by atoms with van der Waals surface area (Å²) < 4.78 is 10.5. The van der Waals surface area contributed by atoms with Gasteiger partial charge in [0, 0.05) is 34.6 Å². The van der Waals surface area contributed by atoms with Crippen LogP contribution in [-0.4, -0.2) is 26.2 Å². The van der Waals surface area contributed by atoms with Gasteiger partial charge in [-0.1, -0.05) is 40.1 Å². The molecule has 0 saturated carbocycles. The van der Waals surface area contributed by atoms with Gasteiger partial charge >= 0.3 is 0 Å². The molecule has 2 aromatic carbocycles. The molecule has 10 heteroatoms. The van der Waals surface area contributed by atoms with Gasteiger partial charge in [0.15, 0.2) is 0 Å². The molecule has 0 fully saturated rings. The first-order valence-electron chi connectivity index (χ1n) is 11.7. The van der Waals surface area contributed by atoms with Gasteiger partial charge in [-0.15, -0.1) is 0 Å². The summed E-state index contributed by atoms with van der Waals surface area (Å²) in [4.78, 5) is 22.2. The van der Waals surface area contributed by atoms with Crippen LogP contribution in [0.5, 0.6) is 0 Å². The molecule has 2 N–H and O–H groups in total. The summed E-state index contributed by atoms with van der Waals surface area (Å²) in [5.41, 5.74) is 5.80. The molecule has 37 heavy (non-hydrogen) atoms. The number of carbonyl (C=O) groups excluding carboxylic acids is 1. The van der Waals surface area contributed by atoms with E-state index in [9.17, 15) is 4.79 Å². The number of fused-ring (bicyclic) bond motifs is 1. The van der Waals surface area contributed by atoms with Crippen molar-refractivity contribution < 1.29 is 13.8 Å². The molecule has 0 saturated heterocycles. The number of halogens is 1. The predicted octanol–water partition coefficient (Wildman–Crippen LogP) is 5.70. The van der Waals surface area contributed by atoms with E-state index in [0.29, 0.717) is 28.7 Å². The number of anilines is 1. The number of aryl methyl sites for hydroxylation is 4. The molecule has 188 valence electrons. The maximum absolute atomic E-state index is 13.1. The van der Waals surface area contributed by atoms with Crippen molar-refractivity contribution >= 4 is 34.2 Å². The lowest BCUT2D eigenvalue weighted by Crippen LogP contribution is -2.26. The number of hydrogen-bond acceptors (Lipinski definition) is 8. The van der Waals surface area contributed by atoms with E-state index >= 15 is 0 Å². The minimum Gasteiger partial charge on any atom is -0.365 e. The lowest BCUT2D eigenvalue weighted by Gasteiger charge is -2.13. The summed E-state index contributed by atoms with van der Waals surface area (Å²) in [5.74, 6) is 1.57. The zero-order valence-corrected chi connectivity index (χ0v) is 21.6. The highest BCUT2D eigenvalue weighted by molar-refractivity contribution is 6.30. The third-order valence-corrected chi connectivity index (χ3v) is 6.41. The minimum absolute atomic E-state index is 0.0537. The van der Waals surface area contributed by atoms with Crippen LogP contribution >= 0.6 is 11.6 Å². The molecule has 0 aliphatic heterocycles. The molecule has 0 atom stereocenters. The van der Waals surface area contributed by atoms with Crippen LogP contribution < -0.4 is 10.6 Å². The zero-order valence-electron chi connectivity index (χ0n) is 20.8. The van der Waals surface area contributed by atoms with E-state index in [4.69, 9.17) is 20.6 Å². The third-order valence-electron chi connectivity index (χ3n) is 6.18. The Morgan fingerprint density at radius 3 is 2.41 bits per heavy atom. The summed E-state index contributed by atoms with van der Waals surface area (Å²) in [7, 11) is 0. The summed E-state index contributed by atoms with van der Waals surface area (Å²) in [6, 6.07) is 13.3. The zero-order chi connectivity index (χ0) is 26.1. The largest absolute Gasteiger partial charge is 0.365 e. The molecule has 9 nitrogen and oxygen atoms in total. The molecular formula is C27H25ClN6O3. The van der Waals surface area contributed by atoms with Crippen LogP contribution in [0.1, 0.15) is 44.7 Å². The van der Waals surface area contributed by atoms with Gasteiger partial charge in [-0.3, -0.25) is 4.79 Å². The number of rotatable bonds is 7. The average molecular weight is 517 g/mol. The monoisotopic (exact) mass is 516 g/mol. The van der Waals surface area contributed by atoms with Crippen molar-refractivity contribution in [3.63, 3.8) is 0 Å². The quantitative estimate of drug-likeness (QED) is 0.282. The van der Waals surface area contributed by atoms with Crippen molar-refractivity contribution in [2.45, 2.75) is 40.8 Å². The fourth-order valence-electron chi connectivity index (χ4n) is 4.25. The van der Waals surface area contributed by atoms with E-state index in [1.54, 1.807) is 0 Å². The van der Waals surface area contributed by atoms with Gasteiger partial charge in [0.1, 0.15) is 17.3 Å². The first-order valence-corrected chi connectivity index (χ1v) is 12.1. The maximum Gasteiger partial charge on any atom is 0.289 e. The van der Waals surface area contributed by atoms with Crippen LogP contribution in [0.25, 0.3) is 22.0 Å². The summed E-state index contributed by atoms with van der Waals surface area (Å²) >= 11 is 6.16. The Hall–Kier alpha value is -4.24. The van der Waals surface area contributed by atoms with Gasteiger partial charge in [-0.05, 0) is 63.1 Å². The Balaban J connectivity index is 1.51. The lowest BCUT2D eigenvalue weighted by atomic mass is 10.0. The summed E-state index contributed by atoms with van der Waals surface area (Å²) in [6.07, 6.45) is 0. The van der Waals surface area contributed by atoms with E-state index in [1.165, 1.54) is 0 Å². The Labute approximate surface area is 218 Å². The van der Waals surface area contributed by atoms with Gasteiger partial charge in [0.05, 0.1) is 16.9 Å². The predicted molar refractivity (Wildman–Crippen MR) is 140 cm³/mol. The number of benzene rings is 2. The van der Waals surface area contributed by atoms with Gasteiger partial charge < -0.3 is 19.7 Å². The van der Waals surface area contributed by atoms with Gasteiger partial charge in [0.2, 0.25) is 5.82 Å². The first kappa shape index (κ1) is 24.5. The second kappa shape index (κ2) is 10.0. The number of nitrogens with one attached hydrogen (secondary N) is 2. The van der Waals surface area contributed by atoms with E-state index < -0.39 is 5.91 Å². The standard InChI is InChI=1S/C27H25ClN6O3/c1-14-22(16(3)36-33-14)13-30-27(35)26-31-23-9-8-19(24-15(2)34-37-17(24)4)11-21(23)25(32-26)29-12-18-6-5-7-20(28)10-18/h5-11H,12-13H2,1-4H3,(H,30,35)(H,29,31,32). The Morgan fingerprint density at radius 1 is 0.919 bits per heavy atom. The van der Waals surface area contributed by atoms with Gasteiger partial charge in [-0.2, -0.15) is 0 Å². The average Bonchev–Trinajstić information content (AvgIpc) is 3.39. The van der Waals surface area contributed by atoms with E-state index in [-0.39, 0.29) is 12.4 Å². The van der Waals surface area contributed by atoms with Crippen molar-refractivity contribution in [1.29, 1.82) is 0 Å². The molecule has 0 spiro atoms. The number of carbonyl (C=O) groups is 1. The third kappa shape index (κ3) is 5.03. The SMILES string of the molecule is Cc1noc(C)c1CNC(=O)c1nc(NCc2cccc(Cl)c2)c2cc(-c3c(C)noc3C)ccc2n1. The van der Waals surface area contributed by atoms with Crippen molar-refractivity contribution in [2.75, 3.05) is 5.32 Å². The van der Waals surface area contributed by atoms with Crippen LogP contribution in [0.3, 0.4) is 0 Å². The normalized spacial score (nSPS) is 11.2. The molecular weight excluding hydrogens is 492 g/mol. The molecule has 5 rings (SSSR count). The fraction of sp³-hybridized carbons (Fsp3) is 0.222. The highest BCUT2D eigenvalue weighted by atomic mass is 35.5. The molecule has 3 aromatic heterocycles. The van der Waals surface area contributed by atoms with E-state index in [1.807, 2.05) is 70.2 Å². The second-order valence-corrected chi connectivity index (χ2v) is 9.23. The van der Waals surface area contributed by atoms with Gasteiger partial charge in [0.25, 0.3) is 5.91 Å². The fourth-order valence-corrected chi connectivity index (χ4v) is 4.46. The van der Waals surface area contributed by atoms with E-state index in [2.05, 4.69) is 30.9 Å². The lowest BCUT2D eigenvalue weighted by molar-refractivity contribution is 0.0941. The second-order valence-electron chi connectivity index (χ2n) is 8.80. The number of hydrogen-bond donors (Lipinski definition) is 2. The molecule has 1 amide bonds. The maximum atomic E-state index is 13.1. The van der Waals surface area contributed by atoms with Crippen LogP contribution in [-0.2, 0) is 13.1 Å². The molecule has 0 aliphatic rings. The first-order chi connectivity index (χ1) is 17.8.